The van der Waals surface area contributed by atoms with E-state index in [1.807, 2.05) is 44.2 Å². The fourth-order valence-electron chi connectivity index (χ4n) is 2.51. The van der Waals surface area contributed by atoms with Crippen molar-refractivity contribution in [2.45, 2.75) is 26.3 Å². The summed E-state index contributed by atoms with van der Waals surface area (Å²) in [4.78, 5) is 31.1. The Morgan fingerprint density at radius 1 is 1.14 bits per heavy atom. The van der Waals surface area contributed by atoms with E-state index in [-0.39, 0.29) is 30.8 Å². The Hall–Kier alpha value is -3.06. The number of carbonyl (C=O) groups is 2. The quantitative estimate of drug-likeness (QED) is 0.401. The van der Waals surface area contributed by atoms with Crippen LogP contribution in [0.3, 0.4) is 0 Å². The Labute approximate surface area is 169 Å². The Morgan fingerprint density at radius 3 is 2.43 bits per heavy atom. The third kappa shape index (κ3) is 6.28. The van der Waals surface area contributed by atoms with Gasteiger partial charge in [0.05, 0.1) is 17.1 Å². The van der Waals surface area contributed by atoms with Gasteiger partial charge in [-0.15, -0.1) is 0 Å². The van der Waals surface area contributed by atoms with E-state index in [2.05, 4.69) is 10.5 Å². The van der Waals surface area contributed by atoms with Crippen LogP contribution < -0.4 is 16.0 Å². The van der Waals surface area contributed by atoms with Gasteiger partial charge in [-0.3, -0.25) is 9.59 Å². The summed E-state index contributed by atoms with van der Waals surface area (Å²) in [5.74, 6) is -0.705. The second kappa shape index (κ2) is 10.3. The molecule has 7 nitrogen and oxygen atoms in total. The number of rotatable bonds is 8. The highest BCUT2D eigenvalue weighted by Crippen LogP contribution is 2.20. The summed E-state index contributed by atoms with van der Waals surface area (Å²) < 4.78 is 0. The lowest BCUT2D eigenvalue weighted by atomic mass is 10.2. The molecule has 0 spiro atoms. The average Bonchev–Trinajstić information content (AvgIpc) is 2.64. The summed E-state index contributed by atoms with van der Waals surface area (Å²) in [5, 5.41) is 6.71. The molecule has 0 aliphatic heterocycles. The molecule has 0 aliphatic carbocycles. The first-order valence-electron chi connectivity index (χ1n) is 8.74. The number of hydrogen-bond donors (Lipinski definition) is 2. The molecule has 28 heavy (non-hydrogen) atoms. The van der Waals surface area contributed by atoms with Gasteiger partial charge in [0.15, 0.2) is 6.61 Å². The van der Waals surface area contributed by atoms with Gasteiger partial charge in [0.2, 0.25) is 5.91 Å². The number of anilines is 2. The predicted molar refractivity (Wildman–Crippen MR) is 111 cm³/mol. The highest BCUT2D eigenvalue weighted by atomic mass is 35.5. The van der Waals surface area contributed by atoms with Gasteiger partial charge in [-0.1, -0.05) is 47.1 Å². The number of oxime groups is 1. The van der Waals surface area contributed by atoms with Gasteiger partial charge < -0.3 is 20.8 Å². The molecule has 2 aromatic rings. The van der Waals surface area contributed by atoms with Gasteiger partial charge in [-0.25, -0.2) is 0 Å². The maximum atomic E-state index is 12.5. The second-order valence-electron chi connectivity index (χ2n) is 6.25. The van der Waals surface area contributed by atoms with Crippen molar-refractivity contribution in [3.05, 3.63) is 59.6 Å². The van der Waals surface area contributed by atoms with Crippen molar-refractivity contribution in [2.75, 3.05) is 16.8 Å². The molecule has 0 saturated heterocycles. The summed E-state index contributed by atoms with van der Waals surface area (Å²) in [6.45, 7) is 3.52. The van der Waals surface area contributed by atoms with E-state index in [0.717, 1.165) is 5.69 Å². The highest BCUT2D eigenvalue weighted by molar-refractivity contribution is 6.33. The van der Waals surface area contributed by atoms with Crippen molar-refractivity contribution in [3.63, 3.8) is 0 Å². The number of para-hydroxylation sites is 2. The summed E-state index contributed by atoms with van der Waals surface area (Å²) in [6, 6.07) is 16.1. The van der Waals surface area contributed by atoms with Gasteiger partial charge in [0, 0.05) is 11.7 Å². The van der Waals surface area contributed by atoms with Crippen molar-refractivity contribution in [1.29, 1.82) is 0 Å². The van der Waals surface area contributed by atoms with E-state index in [9.17, 15) is 9.59 Å². The molecule has 0 aliphatic rings. The molecule has 0 saturated carbocycles. The standard InChI is InChI=1S/C20H23ClN4O3/c1-14(2)25(15-8-4-3-5-9-15)20(27)13-28-24-18(22)12-19(26)23-17-11-7-6-10-16(17)21/h3-11,14H,12-13H2,1-2H3,(H2,22,24)(H,23,26). The van der Waals surface area contributed by atoms with Crippen LogP contribution in [-0.2, 0) is 14.4 Å². The lowest BCUT2D eigenvalue weighted by molar-refractivity contribution is -0.123. The zero-order valence-corrected chi connectivity index (χ0v) is 16.5. The normalized spacial score (nSPS) is 11.2. The number of nitrogens with one attached hydrogen (secondary N) is 1. The maximum Gasteiger partial charge on any atom is 0.267 e. The van der Waals surface area contributed by atoms with Gasteiger partial charge >= 0.3 is 0 Å². The summed E-state index contributed by atoms with van der Waals surface area (Å²) in [6.07, 6.45) is -0.188. The van der Waals surface area contributed by atoms with Crippen LogP contribution in [0.5, 0.6) is 0 Å². The topological polar surface area (TPSA) is 97.0 Å². The number of halogens is 1. The third-order valence-corrected chi connectivity index (χ3v) is 4.01. The number of benzene rings is 2. The molecule has 8 heteroatoms. The first-order valence-corrected chi connectivity index (χ1v) is 9.12. The molecule has 0 radical (unpaired) electrons. The Bertz CT molecular complexity index is 840. The molecular weight excluding hydrogens is 380 g/mol. The fourth-order valence-corrected chi connectivity index (χ4v) is 2.70. The zero-order valence-electron chi connectivity index (χ0n) is 15.8. The Morgan fingerprint density at radius 2 is 1.79 bits per heavy atom. The molecule has 148 valence electrons. The lowest BCUT2D eigenvalue weighted by Crippen LogP contribution is -2.39. The van der Waals surface area contributed by atoms with Crippen LogP contribution in [0.1, 0.15) is 20.3 Å². The van der Waals surface area contributed by atoms with E-state index >= 15 is 0 Å². The summed E-state index contributed by atoms with van der Waals surface area (Å²) in [7, 11) is 0. The van der Waals surface area contributed by atoms with Gasteiger partial charge in [-0.05, 0) is 38.1 Å². The molecule has 0 fully saturated rings. The molecule has 0 aromatic heterocycles. The SMILES string of the molecule is CC(C)N(C(=O)CO/N=C(/N)CC(=O)Nc1ccccc1Cl)c1ccccc1. The summed E-state index contributed by atoms with van der Waals surface area (Å²) >= 11 is 5.99. The van der Waals surface area contributed by atoms with Crippen LogP contribution in [0.25, 0.3) is 0 Å². The molecule has 0 atom stereocenters. The van der Waals surface area contributed by atoms with Crippen molar-refractivity contribution < 1.29 is 14.4 Å². The highest BCUT2D eigenvalue weighted by Gasteiger charge is 2.19. The van der Waals surface area contributed by atoms with Crippen molar-refractivity contribution >= 4 is 40.6 Å². The Balaban J connectivity index is 1.87. The van der Waals surface area contributed by atoms with Gasteiger partial charge in [0.25, 0.3) is 5.91 Å². The average molecular weight is 403 g/mol. The second-order valence-corrected chi connectivity index (χ2v) is 6.66. The number of hydrogen-bond acceptors (Lipinski definition) is 4. The largest absolute Gasteiger partial charge is 0.384 e. The van der Waals surface area contributed by atoms with E-state index in [1.165, 1.54) is 0 Å². The number of amidine groups is 1. The van der Waals surface area contributed by atoms with Crippen LogP contribution in [0.15, 0.2) is 59.8 Å². The van der Waals surface area contributed by atoms with Crippen LogP contribution in [0.2, 0.25) is 5.02 Å². The molecule has 3 N–H and O–H groups in total. The van der Waals surface area contributed by atoms with E-state index in [4.69, 9.17) is 22.2 Å². The van der Waals surface area contributed by atoms with Crippen molar-refractivity contribution in [3.8, 4) is 0 Å². The van der Waals surface area contributed by atoms with Gasteiger partial charge in [-0.2, -0.15) is 0 Å². The Kier molecular flexibility index (Phi) is 7.83. The summed E-state index contributed by atoms with van der Waals surface area (Å²) in [5.41, 5.74) is 6.95. The maximum absolute atomic E-state index is 12.5. The lowest BCUT2D eigenvalue weighted by Gasteiger charge is -2.26. The first kappa shape index (κ1) is 21.2. The number of carbonyl (C=O) groups excluding carboxylic acids is 2. The number of nitrogens with zero attached hydrogens (tertiary/aromatic N) is 2. The molecule has 0 unspecified atom stereocenters. The number of amides is 2. The monoisotopic (exact) mass is 402 g/mol. The molecule has 2 amide bonds. The molecular formula is C20H23ClN4O3. The first-order chi connectivity index (χ1) is 13.4. The smallest absolute Gasteiger partial charge is 0.267 e. The van der Waals surface area contributed by atoms with Crippen LogP contribution >= 0.6 is 11.6 Å². The van der Waals surface area contributed by atoms with E-state index < -0.39 is 5.91 Å². The minimum Gasteiger partial charge on any atom is -0.384 e. The minimum atomic E-state index is -0.391. The van der Waals surface area contributed by atoms with Gasteiger partial charge in [0.1, 0.15) is 5.84 Å². The predicted octanol–water partition coefficient (Wildman–Crippen LogP) is 3.40. The van der Waals surface area contributed by atoms with E-state index in [0.29, 0.717) is 10.7 Å². The zero-order chi connectivity index (χ0) is 20.5. The molecule has 0 bridgehead atoms. The van der Waals surface area contributed by atoms with Crippen LogP contribution in [-0.4, -0.2) is 30.3 Å². The van der Waals surface area contributed by atoms with Crippen LogP contribution in [0.4, 0.5) is 11.4 Å². The fraction of sp³-hybridized carbons (Fsp3) is 0.250. The molecule has 0 heterocycles. The minimum absolute atomic E-state index is 0.0480. The van der Waals surface area contributed by atoms with Crippen molar-refractivity contribution in [2.24, 2.45) is 10.9 Å². The third-order valence-electron chi connectivity index (χ3n) is 3.68. The molecule has 2 aromatic carbocycles. The van der Waals surface area contributed by atoms with Crippen molar-refractivity contribution in [1.82, 2.24) is 0 Å². The van der Waals surface area contributed by atoms with E-state index in [1.54, 1.807) is 29.2 Å². The van der Waals surface area contributed by atoms with Crippen LogP contribution in [0, 0.1) is 0 Å². The molecule has 2 rings (SSSR count). The number of nitrogens with two attached hydrogens (primary N) is 1.